The van der Waals surface area contributed by atoms with E-state index < -0.39 is 0 Å². The molecule has 3 N–H and O–H groups in total. The molecular formula is C21H35Cl2N3O2. The molecular weight excluding hydrogens is 397 g/mol. The lowest BCUT2D eigenvalue weighted by molar-refractivity contribution is -0.127. The van der Waals surface area contributed by atoms with Crippen molar-refractivity contribution in [2.75, 3.05) is 26.2 Å². The Balaban J connectivity index is 0.00000196. The Hall–Kier alpha value is -1.01. The number of rotatable bonds is 9. The van der Waals surface area contributed by atoms with Crippen LogP contribution in [0, 0.1) is 17.8 Å². The van der Waals surface area contributed by atoms with Gasteiger partial charge in [-0.15, -0.1) is 24.8 Å². The molecule has 7 heteroatoms. The lowest BCUT2D eigenvalue weighted by atomic mass is 9.84. The summed E-state index contributed by atoms with van der Waals surface area (Å²) < 4.78 is 5.98. The highest BCUT2D eigenvalue weighted by atomic mass is 35.5. The second kappa shape index (κ2) is 11.9. The summed E-state index contributed by atoms with van der Waals surface area (Å²) in [4.78, 5) is 15.0. The molecule has 0 radical (unpaired) electrons. The van der Waals surface area contributed by atoms with E-state index in [1.165, 1.54) is 6.42 Å². The number of amides is 1. The van der Waals surface area contributed by atoms with Crippen LogP contribution in [-0.2, 0) is 11.3 Å². The van der Waals surface area contributed by atoms with Gasteiger partial charge in [-0.05, 0) is 50.3 Å². The molecule has 1 aromatic carbocycles. The number of nitrogens with one attached hydrogen (secondary N) is 1. The molecule has 28 heavy (non-hydrogen) atoms. The van der Waals surface area contributed by atoms with Gasteiger partial charge in [0, 0.05) is 24.7 Å². The van der Waals surface area contributed by atoms with Gasteiger partial charge in [0.1, 0.15) is 12.4 Å². The summed E-state index contributed by atoms with van der Waals surface area (Å²) in [6, 6.07) is 8.00. The van der Waals surface area contributed by atoms with Crippen molar-refractivity contribution >= 4 is 30.7 Å². The minimum Gasteiger partial charge on any atom is -0.492 e. The van der Waals surface area contributed by atoms with Crippen LogP contribution in [0.3, 0.4) is 0 Å². The number of ether oxygens (including phenoxy) is 1. The summed E-state index contributed by atoms with van der Waals surface area (Å²) in [6.07, 6.45) is 3.48. The van der Waals surface area contributed by atoms with E-state index in [0.29, 0.717) is 25.0 Å². The van der Waals surface area contributed by atoms with Gasteiger partial charge in [-0.2, -0.15) is 0 Å². The van der Waals surface area contributed by atoms with E-state index in [-0.39, 0.29) is 42.7 Å². The third-order valence-corrected chi connectivity index (χ3v) is 6.27. The molecule has 2 fully saturated rings. The van der Waals surface area contributed by atoms with E-state index >= 15 is 0 Å². The molecule has 0 spiro atoms. The maximum atomic E-state index is 12.7. The number of nitrogens with zero attached hydrogens (tertiary/aromatic N) is 1. The van der Waals surface area contributed by atoms with Crippen LogP contribution in [0.2, 0.25) is 0 Å². The van der Waals surface area contributed by atoms with E-state index in [1.807, 2.05) is 24.3 Å². The number of benzene rings is 1. The monoisotopic (exact) mass is 431 g/mol. The first-order chi connectivity index (χ1) is 12.6. The van der Waals surface area contributed by atoms with Gasteiger partial charge in [-0.1, -0.05) is 32.0 Å². The van der Waals surface area contributed by atoms with Crippen molar-refractivity contribution in [1.29, 1.82) is 0 Å². The highest BCUT2D eigenvalue weighted by Gasteiger charge is 2.48. The molecule has 1 amide bonds. The predicted octanol–water partition coefficient (Wildman–Crippen LogP) is 3.24. The molecule has 3 rings (SSSR count). The molecule has 2 bridgehead atoms. The van der Waals surface area contributed by atoms with Crippen molar-refractivity contribution in [2.45, 2.75) is 45.7 Å². The van der Waals surface area contributed by atoms with Crippen molar-refractivity contribution in [3.8, 4) is 5.75 Å². The molecule has 0 aromatic heterocycles. The first-order valence-corrected chi connectivity index (χ1v) is 10.1. The Labute approximate surface area is 181 Å². The van der Waals surface area contributed by atoms with Gasteiger partial charge in [-0.3, -0.25) is 4.79 Å². The topological polar surface area (TPSA) is 67.6 Å². The van der Waals surface area contributed by atoms with Crippen LogP contribution in [0.15, 0.2) is 24.3 Å². The fourth-order valence-electron chi connectivity index (χ4n) is 4.64. The molecule has 1 aromatic rings. The molecule has 4 unspecified atom stereocenters. The highest BCUT2D eigenvalue weighted by molar-refractivity contribution is 5.85. The summed E-state index contributed by atoms with van der Waals surface area (Å²) in [7, 11) is 0. The molecule has 5 nitrogen and oxygen atoms in total. The number of carbonyl (C=O) groups excluding carboxylic acids is 1. The van der Waals surface area contributed by atoms with Gasteiger partial charge >= 0.3 is 0 Å². The van der Waals surface area contributed by atoms with E-state index in [2.05, 4.69) is 24.1 Å². The van der Waals surface area contributed by atoms with Crippen LogP contribution in [0.5, 0.6) is 5.75 Å². The Morgan fingerprint density at radius 3 is 2.50 bits per heavy atom. The number of likely N-dealkylation sites (N-methyl/N-ethyl adjacent to an activating group) is 1. The largest absolute Gasteiger partial charge is 0.492 e. The van der Waals surface area contributed by atoms with Gasteiger partial charge < -0.3 is 20.7 Å². The molecule has 0 saturated heterocycles. The van der Waals surface area contributed by atoms with Crippen molar-refractivity contribution in [1.82, 2.24) is 10.2 Å². The number of hydrogen-bond donors (Lipinski definition) is 2. The summed E-state index contributed by atoms with van der Waals surface area (Å²) >= 11 is 0. The Morgan fingerprint density at radius 1 is 1.18 bits per heavy atom. The van der Waals surface area contributed by atoms with Gasteiger partial charge in [0.15, 0.2) is 0 Å². The van der Waals surface area contributed by atoms with Gasteiger partial charge in [0.05, 0.1) is 5.92 Å². The van der Waals surface area contributed by atoms with Gasteiger partial charge in [0.2, 0.25) is 5.91 Å². The van der Waals surface area contributed by atoms with Crippen LogP contribution in [0.25, 0.3) is 0 Å². The van der Waals surface area contributed by atoms with Crippen LogP contribution in [0.1, 0.15) is 38.7 Å². The van der Waals surface area contributed by atoms with E-state index in [1.54, 1.807) is 0 Å². The second-order valence-corrected chi connectivity index (χ2v) is 7.64. The zero-order chi connectivity index (χ0) is 18.5. The van der Waals surface area contributed by atoms with Crippen LogP contribution < -0.4 is 15.8 Å². The van der Waals surface area contributed by atoms with Crippen LogP contribution in [0.4, 0.5) is 0 Å². The molecule has 0 heterocycles. The smallest absolute Gasteiger partial charge is 0.225 e. The van der Waals surface area contributed by atoms with E-state index in [9.17, 15) is 4.79 Å². The molecule has 0 aliphatic heterocycles. The summed E-state index contributed by atoms with van der Waals surface area (Å²) in [5, 5.41) is 3.11. The minimum absolute atomic E-state index is 0. The number of nitrogens with two attached hydrogens (primary N) is 1. The average molecular weight is 432 g/mol. The SMILES string of the molecule is CCN(CC)CCOc1ccccc1CNC(=O)C1C2CCC(C2)C1N.Cl.Cl. The lowest BCUT2D eigenvalue weighted by Crippen LogP contribution is -2.45. The quantitative estimate of drug-likeness (QED) is 0.629. The standard InChI is InChI=1S/C21H33N3O2.2ClH/c1-3-24(4-2)11-12-26-18-8-6-5-7-17(18)14-23-21(25)19-15-9-10-16(13-15)20(19)22;;/h5-8,15-16,19-20H,3-4,9-14,22H2,1-2H3,(H,23,25);2*1H. The van der Waals surface area contributed by atoms with Gasteiger partial charge in [0.25, 0.3) is 0 Å². The third-order valence-electron chi connectivity index (χ3n) is 6.27. The molecule has 4 atom stereocenters. The Morgan fingerprint density at radius 2 is 1.86 bits per heavy atom. The van der Waals surface area contributed by atoms with Crippen molar-refractivity contribution in [2.24, 2.45) is 23.5 Å². The molecule has 2 saturated carbocycles. The first-order valence-electron chi connectivity index (χ1n) is 10.1. The normalized spacial score (nSPS) is 25.1. The Bertz CT molecular complexity index is 611. The summed E-state index contributed by atoms with van der Waals surface area (Å²) in [6.45, 7) is 8.45. The highest BCUT2D eigenvalue weighted by Crippen LogP contribution is 2.47. The van der Waals surface area contributed by atoms with Crippen molar-refractivity contribution in [3.63, 3.8) is 0 Å². The fraction of sp³-hybridized carbons (Fsp3) is 0.667. The number of halogens is 2. The average Bonchev–Trinajstić information content (AvgIpc) is 3.25. The maximum absolute atomic E-state index is 12.7. The van der Waals surface area contributed by atoms with Crippen molar-refractivity contribution < 1.29 is 9.53 Å². The third kappa shape index (κ3) is 5.76. The van der Waals surface area contributed by atoms with E-state index in [0.717, 1.165) is 43.8 Å². The lowest BCUT2D eigenvalue weighted by Gasteiger charge is -2.27. The number of carbonyl (C=O) groups is 1. The number of hydrogen-bond acceptors (Lipinski definition) is 4. The summed E-state index contributed by atoms with van der Waals surface area (Å²) in [5.41, 5.74) is 7.32. The molecule has 2 aliphatic rings. The first kappa shape index (κ1) is 25.0. The zero-order valence-corrected chi connectivity index (χ0v) is 18.6. The van der Waals surface area contributed by atoms with Crippen LogP contribution in [-0.4, -0.2) is 43.1 Å². The fourth-order valence-corrected chi connectivity index (χ4v) is 4.64. The molecule has 2 aliphatic carbocycles. The summed E-state index contributed by atoms with van der Waals surface area (Å²) in [5.74, 6) is 1.99. The predicted molar refractivity (Wildman–Crippen MR) is 118 cm³/mol. The maximum Gasteiger partial charge on any atom is 0.225 e. The number of fused-ring (bicyclic) bond motifs is 2. The molecule has 160 valence electrons. The van der Waals surface area contributed by atoms with E-state index in [4.69, 9.17) is 10.5 Å². The van der Waals surface area contributed by atoms with Crippen LogP contribution >= 0.6 is 24.8 Å². The second-order valence-electron chi connectivity index (χ2n) is 7.64. The zero-order valence-electron chi connectivity index (χ0n) is 16.9. The number of para-hydroxylation sites is 1. The van der Waals surface area contributed by atoms with Gasteiger partial charge in [-0.25, -0.2) is 0 Å². The Kier molecular flexibility index (Phi) is 10.6. The minimum atomic E-state index is -0.00972. The van der Waals surface area contributed by atoms with Crippen molar-refractivity contribution in [3.05, 3.63) is 29.8 Å².